The minimum Gasteiger partial charge on any atom is -0.453 e. The number of ether oxygens (including phenoxy) is 2. The summed E-state index contributed by atoms with van der Waals surface area (Å²) in [5.41, 5.74) is 8.98. The van der Waals surface area contributed by atoms with E-state index < -0.39 is 34.9 Å². The van der Waals surface area contributed by atoms with E-state index in [-0.39, 0.29) is 36.1 Å². The Morgan fingerprint density at radius 3 is 2.33 bits per heavy atom. The van der Waals surface area contributed by atoms with Gasteiger partial charge in [-0.2, -0.15) is 4.99 Å². The molecule has 0 bridgehead atoms. The predicted octanol–water partition coefficient (Wildman–Crippen LogP) is 5.75. The Morgan fingerprint density at radius 2 is 1.64 bits per heavy atom. The molecule has 3 aliphatic rings. The van der Waals surface area contributed by atoms with Gasteiger partial charge >= 0.3 is 12.2 Å². The number of nitrogens with zero attached hydrogens (tertiary/aromatic N) is 5. The van der Waals surface area contributed by atoms with Crippen LogP contribution in [0.3, 0.4) is 0 Å². The number of nitrogens with one attached hydrogen (secondary N) is 3. The summed E-state index contributed by atoms with van der Waals surface area (Å²) in [6.07, 6.45) is 9.07. The number of aliphatic imine (C=N–C) groups is 1. The molecular weight excluding hydrogens is 797 g/mol. The van der Waals surface area contributed by atoms with Crippen LogP contribution in [0.2, 0.25) is 0 Å². The Bertz CT molecular complexity index is 2510. The van der Waals surface area contributed by atoms with Gasteiger partial charge in [0, 0.05) is 47.6 Å². The molecule has 0 aliphatic carbocycles. The third-order valence-electron chi connectivity index (χ3n) is 11.9. The molecule has 3 N–H and O–H groups in total. The van der Waals surface area contributed by atoms with Gasteiger partial charge in [-0.1, -0.05) is 54.6 Å². The molecule has 8 rings (SSSR count). The Morgan fingerprint density at radius 1 is 0.951 bits per heavy atom. The Labute approximate surface area is 356 Å². The van der Waals surface area contributed by atoms with Crippen LogP contribution in [0.5, 0.6) is 0 Å². The van der Waals surface area contributed by atoms with Crippen molar-refractivity contribution in [1.82, 2.24) is 25.2 Å². The third kappa shape index (κ3) is 8.49. The van der Waals surface area contributed by atoms with Crippen molar-refractivity contribution in [2.45, 2.75) is 56.7 Å². The van der Waals surface area contributed by atoms with Crippen LogP contribution in [0.15, 0.2) is 84.1 Å². The normalized spacial score (nSPS) is 19.4. The number of alkyl carbamates (subject to hydrolysis) is 1. The number of imidazole rings is 2. The molecular formula is C45H49N8O7S+. The first kappa shape index (κ1) is 41.3. The van der Waals surface area contributed by atoms with E-state index in [2.05, 4.69) is 78.5 Å². The van der Waals surface area contributed by atoms with Crippen LogP contribution >= 0.6 is 0 Å². The summed E-state index contributed by atoms with van der Waals surface area (Å²) in [6.45, 7) is 0.526. The number of carbonyl (C=O) groups excluding carboxylic acids is 4. The topological polar surface area (TPSA) is 183 Å². The van der Waals surface area contributed by atoms with Crippen molar-refractivity contribution < 1.29 is 37.4 Å². The maximum Gasteiger partial charge on any atom is 0.432 e. The number of carbonyl (C=O) groups is 4. The third-order valence-corrected chi connectivity index (χ3v) is 12.7. The van der Waals surface area contributed by atoms with Crippen LogP contribution < -0.4 is 14.8 Å². The van der Waals surface area contributed by atoms with Crippen LogP contribution in [0.1, 0.15) is 60.5 Å². The molecule has 316 valence electrons. The largest absolute Gasteiger partial charge is 0.453 e. The first-order chi connectivity index (χ1) is 29.5. The van der Waals surface area contributed by atoms with Crippen LogP contribution in [-0.2, 0) is 49.8 Å². The summed E-state index contributed by atoms with van der Waals surface area (Å²) < 4.78 is 23.3. The van der Waals surface area contributed by atoms with Gasteiger partial charge < -0.3 is 24.7 Å². The van der Waals surface area contributed by atoms with Gasteiger partial charge in [0.25, 0.3) is 5.82 Å². The van der Waals surface area contributed by atoms with Gasteiger partial charge in [-0.3, -0.25) is 18.7 Å². The number of para-hydroxylation sites is 1. The standard InChI is InChI=1S/C45H48N8O7S/c1-51-26-36(49-41(51)38-23-32-8-5-7-31-18-19-33(24-47-44(56)59-2)42(54)53(38)39(31)32)30-16-12-28(13-17-30)27-10-14-29(15-11-27)35-25-46-40(48-35)37-9-6-21-52(37)43(55)34(20-22-61(4)58)50-45(57)60-3/h5,7-8,10-17,24-26,33-34,37-38H,6,9,18-23H2,1-4H3,(H2,46,48,50,57)/p+1. The average molecular weight is 846 g/mol. The van der Waals surface area contributed by atoms with Crippen LogP contribution in [0.4, 0.5) is 15.3 Å². The van der Waals surface area contributed by atoms with E-state index >= 15 is 0 Å². The minimum atomic E-state index is -1.12. The molecule has 5 heterocycles. The van der Waals surface area contributed by atoms with Crippen LogP contribution in [0.25, 0.3) is 33.6 Å². The molecule has 3 aromatic carbocycles. The summed E-state index contributed by atoms with van der Waals surface area (Å²) >= 11 is 0. The second-order valence-electron chi connectivity index (χ2n) is 15.7. The van der Waals surface area contributed by atoms with Crippen molar-refractivity contribution >= 4 is 46.7 Å². The fourth-order valence-electron chi connectivity index (χ4n) is 8.79. The number of hydrogen-bond donors (Lipinski definition) is 3. The second kappa shape index (κ2) is 17.7. The van der Waals surface area contributed by atoms with E-state index in [0.717, 1.165) is 69.1 Å². The number of benzene rings is 3. The van der Waals surface area contributed by atoms with Crippen LogP contribution in [-0.4, -0.2) is 93.1 Å². The predicted molar refractivity (Wildman–Crippen MR) is 230 cm³/mol. The fraction of sp³-hybridized carbons (Fsp3) is 0.356. The van der Waals surface area contributed by atoms with Crippen molar-refractivity contribution in [3.63, 3.8) is 0 Å². The van der Waals surface area contributed by atoms with E-state index in [1.54, 1.807) is 17.4 Å². The van der Waals surface area contributed by atoms with Gasteiger partial charge in [-0.05, 0) is 72.1 Å². The number of likely N-dealkylation sites (tertiary alicyclic amines) is 1. The summed E-state index contributed by atoms with van der Waals surface area (Å²) in [5.74, 6) is 0.960. The molecule has 15 nitrogen and oxygen atoms in total. The molecule has 16 heteroatoms. The lowest BCUT2D eigenvalue weighted by molar-refractivity contribution is -0.678. The number of amides is 4. The van der Waals surface area contributed by atoms with Gasteiger partial charge in [0.05, 0.1) is 50.8 Å². The highest BCUT2D eigenvalue weighted by molar-refractivity contribution is 7.84. The summed E-state index contributed by atoms with van der Waals surface area (Å²) in [7, 11) is 3.38. The molecule has 61 heavy (non-hydrogen) atoms. The molecule has 5 aromatic rings. The summed E-state index contributed by atoms with van der Waals surface area (Å²) in [6, 6.07) is 21.4. The first-order valence-corrected chi connectivity index (χ1v) is 22.1. The lowest BCUT2D eigenvalue weighted by Gasteiger charge is -2.28. The Balaban J connectivity index is 0.960. The Kier molecular flexibility index (Phi) is 12.0. The number of H-pyrrole nitrogens is 2. The highest BCUT2D eigenvalue weighted by Gasteiger charge is 2.45. The van der Waals surface area contributed by atoms with Gasteiger partial charge in [0.1, 0.15) is 24.1 Å². The quantitative estimate of drug-likeness (QED) is 0.111. The molecule has 1 fully saturated rings. The molecule has 1 saturated heterocycles. The maximum absolute atomic E-state index is 14.1. The second-order valence-corrected chi connectivity index (χ2v) is 17.2. The molecule has 0 saturated carbocycles. The fourth-order valence-corrected chi connectivity index (χ4v) is 9.36. The molecule has 5 atom stereocenters. The van der Waals surface area contributed by atoms with Gasteiger partial charge in [-0.15, -0.1) is 0 Å². The first-order valence-electron chi connectivity index (χ1n) is 20.4. The zero-order valence-electron chi connectivity index (χ0n) is 34.6. The number of aryl methyl sites for hydroxylation is 2. The van der Waals surface area contributed by atoms with E-state index in [9.17, 15) is 23.4 Å². The minimum absolute atomic E-state index is 0.0863. The smallest absolute Gasteiger partial charge is 0.432 e. The lowest BCUT2D eigenvalue weighted by Crippen LogP contribution is -2.49. The molecule has 5 unspecified atom stereocenters. The van der Waals surface area contributed by atoms with E-state index in [4.69, 9.17) is 4.74 Å². The maximum atomic E-state index is 14.1. The molecule has 0 radical (unpaired) electrons. The van der Waals surface area contributed by atoms with Crippen molar-refractivity contribution in [3.05, 3.63) is 102 Å². The van der Waals surface area contributed by atoms with Crippen molar-refractivity contribution in [3.8, 4) is 33.6 Å². The molecule has 0 spiro atoms. The summed E-state index contributed by atoms with van der Waals surface area (Å²) in [5, 5.41) is 2.62. The number of aromatic nitrogens is 4. The van der Waals surface area contributed by atoms with Crippen molar-refractivity contribution in [2.75, 3.05) is 37.7 Å². The SMILES string of the molecule is COC(=O)N=CC1CCc2cccc3c2N(C1=O)C(c1[nH]c(-c2ccc(-c4ccc(-c5cnc(C6CCCN6C(=O)C(CCS(C)=O)NC(=O)OC)[nH]5)cc4)cc2)c[n+]1C)C3. The number of anilines is 1. The Hall–Kier alpha value is -6.42. The van der Waals surface area contributed by atoms with Gasteiger partial charge in [0.15, 0.2) is 5.69 Å². The molecule has 3 aliphatic heterocycles. The molecule has 2 aromatic heterocycles. The zero-order valence-corrected chi connectivity index (χ0v) is 35.4. The van der Waals surface area contributed by atoms with Crippen molar-refractivity contribution in [2.24, 2.45) is 18.0 Å². The van der Waals surface area contributed by atoms with Crippen molar-refractivity contribution in [1.29, 1.82) is 0 Å². The summed E-state index contributed by atoms with van der Waals surface area (Å²) in [4.78, 5) is 70.9. The van der Waals surface area contributed by atoms with Gasteiger partial charge in [0.2, 0.25) is 11.8 Å². The van der Waals surface area contributed by atoms with E-state index in [1.807, 2.05) is 40.9 Å². The highest BCUT2D eigenvalue weighted by Crippen LogP contribution is 2.45. The number of methoxy groups -OCH3 is 2. The monoisotopic (exact) mass is 845 g/mol. The molecule has 4 amide bonds. The zero-order chi connectivity index (χ0) is 42.8. The number of rotatable bonds is 11. The number of aromatic amines is 2. The average Bonchev–Trinajstić information content (AvgIpc) is 4.09. The highest BCUT2D eigenvalue weighted by atomic mass is 32.2. The lowest BCUT2D eigenvalue weighted by atomic mass is 9.98. The van der Waals surface area contributed by atoms with Gasteiger partial charge in [-0.25, -0.2) is 24.1 Å². The number of hydrogen-bond acceptors (Lipinski definition) is 8. The van der Waals surface area contributed by atoms with Crippen LogP contribution in [0, 0.1) is 5.92 Å². The van der Waals surface area contributed by atoms with E-state index in [0.29, 0.717) is 31.6 Å². The van der Waals surface area contributed by atoms with E-state index in [1.165, 1.54) is 20.4 Å².